The molecule has 9 heteroatoms. The van der Waals surface area contributed by atoms with E-state index in [9.17, 15) is 4.39 Å². The molecule has 3 N–H and O–H groups in total. The summed E-state index contributed by atoms with van der Waals surface area (Å²) < 4.78 is 14.8. The lowest BCUT2D eigenvalue weighted by molar-refractivity contribution is 0.604. The zero-order chi connectivity index (χ0) is 17.1. The number of rotatable bonds is 5. The van der Waals surface area contributed by atoms with Crippen LogP contribution in [0.25, 0.3) is 0 Å². The van der Waals surface area contributed by atoms with E-state index in [2.05, 4.69) is 30.2 Å². The maximum Gasteiger partial charge on any atom is 0.225 e. The van der Waals surface area contributed by atoms with Crippen molar-refractivity contribution in [3.8, 4) is 0 Å². The quantitative estimate of drug-likeness (QED) is 0.730. The molecule has 0 aromatic carbocycles. The van der Waals surface area contributed by atoms with E-state index in [1.807, 2.05) is 24.7 Å². The zero-order valence-electron chi connectivity index (χ0n) is 13.3. The highest BCUT2D eigenvalue weighted by Gasteiger charge is 2.12. The van der Waals surface area contributed by atoms with E-state index >= 15 is 0 Å². The molecule has 3 rings (SSSR count). The van der Waals surface area contributed by atoms with E-state index < -0.39 is 5.82 Å². The van der Waals surface area contributed by atoms with Crippen molar-refractivity contribution in [2.75, 3.05) is 11.1 Å². The normalized spacial score (nSPS) is 12.1. The molecule has 0 spiro atoms. The van der Waals surface area contributed by atoms with Crippen molar-refractivity contribution < 1.29 is 4.39 Å². The van der Waals surface area contributed by atoms with Crippen LogP contribution in [0.5, 0.6) is 0 Å². The molecule has 0 bridgehead atoms. The Kier molecular flexibility index (Phi) is 4.32. The van der Waals surface area contributed by atoms with Gasteiger partial charge in [-0.3, -0.25) is 0 Å². The zero-order valence-corrected chi connectivity index (χ0v) is 13.3. The Balaban J connectivity index is 1.76. The number of aromatic nitrogens is 6. The van der Waals surface area contributed by atoms with Gasteiger partial charge in [-0.1, -0.05) is 0 Å². The number of halogens is 1. The number of hydrogen-bond acceptors (Lipinski definition) is 7. The van der Waals surface area contributed by atoms with Crippen LogP contribution < -0.4 is 11.1 Å². The minimum atomic E-state index is -0.483. The first-order chi connectivity index (χ1) is 11.5. The summed E-state index contributed by atoms with van der Waals surface area (Å²) in [4.78, 5) is 20.8. The SMILES string of the molecule is C[C@H](Nc1nc(N)cc(Cc2cn(C)cn2)n1)c1ncc(F)cn1. The molecule has 1 atom stereocenters. The summed E-state index contributed by atoms with van der Waals surface area (Å²) in [6.45, 7) is 1.83. The fourth-order valence-electron chi connectivity index (χ4n) is 2.22. The number of anilines is 2. The second kappa shape index (κ2) is 6.57. The van der Waals surface area contributed by atoms with Gasteiger partial charge in [-0.05, 0) is 6.92 Å². The maximum absolute atomic E-state index is 12.9. The van der Waals surface area contributed by atoms with Crippen molar-refractivity contribution >= 4 is 11.8 Å². The largest absolute Gasteiger partial charge is 0.384 e. The van der Waals surface area contributed by atoms with Crippen molar-refractivity contribution in [3.63, 3.8) is 0 Å². The van der Waals surface area contributed by atoms with Gasteiger partial charge in [0.1, 0.15) is 11.6 Å². The second-order valence-electron chi connectivity index (χ2n) is 5.44. The lowest BCUT2D eigenvalue weighted by Gasteiger charge is -2.13. The van der Waals surface area contributed by atoms with Crippen LogP contribution in [0.3, 0.4) is 0 Å². The number of imidazole rings is 1. The van der Waals surface area contributed by atoms with Crippen LogP contribution in [-0.2, 0) is 13.5 Å². The Morgan fingerprint density at radius 2 is 1.96 bits per heavy atom. The van der Waals surface area contributed by atoms with Gasteiger partial charge in [0.25, 0.3) is 0 Å². The molecule has 3 aromatic rings. The Morgan fingerprint density at radius 3 is 2.62 bits per heavy atom. The van der Waals surface area contributed by atoms with Crippen molar-refractivity contribution in [1.29, 1.82) is 0 Å². The topological polar surface area (TPSA) is 107 Å². The lowest BCUT2D eigenvalue weighted by atomic mass is 10.2. The summed E-state index contributed by atoms with van der Waals surface area (Å²) in [5, 5.41) is 3.07. The van der Waals surface area contributed by atoms with E-state index in [4.69, 9.17) is 5.73 Å². The average Bonchev–Trinajstić information content (AvgIpc) is 2.92. The molecule has 0 saturated carbocycles. The fourth-order valence-corrected chi connectivity index (χ4v) is 2.22. The summed E-state index contributed by atoms with van der Waals surface area (Å²) >= 11 is 0. The number of hydrogen-bond donors (Lipinski definition) is 2. The highest BCUT2D eigenvalue weighted by atomic mass is 19.1. The van der Waals surface area contributed by atoms with E-state index in [1.54, 1.807) is 12.4 Å². The molecule has 0 aliphatic carbocycles. The summed E-state index contributed by atoms with van der Waals surface area (Å²) in [5.74, 6) is 0.671. The molecule has 124 valence electrons. The van der Waals surface area contributed by atoms with E-state index in [-0.39, 0.29) is 6.04 Å². The Hall–Kier alpha value is -3.10. The van der Waals surface area contributed by atoms with Gasteiger partial charge in [0.2, 0.25) is 5.95 Å². The summed E-state index contributed by atoms with van der Waals surface area (Å²) in [6.07, 6.45) is 6.43. The van der Waals surface area contributed by atoms with Gasteiger partial charge in [0.05, 0.1) is 36.2 Å². The van der Waals surface area contributed by atoms with Gasteiger partial charge in [-0.2, -0.15) is 4.98 Å². The number of nitrogens with two attached hydrogens (primary N) is 1. The molecule has 0 saturated heterocycles. The van der Waals surface area contributed by atoms with Crippen LogP contribution in [0.1, 0.15) is 30.2 Å². The van der Waals surface area contributed by atoms with Gasteiger partial charge >= 0.3 is 0 Å². The molecule has 0 aliphatic heterocycles. The minimum absolute atomic E-state index is 0.296. The lowest BCUT2D eigenvalue weighted by Crippen LogP contribution is -2.14. The third-order valence-electron chi connectivity index (χ3n) is 3.29. The molecule has 0 aliphatic rings. The van der Waals surface area contributed by atoms with Crippen LogP contribution in [0.15, 0.2) is 31.0 Å². The van der Waals surface area contributed by atoms with E-state index in [0.717, 1.165) is 23.8 Å². The molecule has 0 fully saturated rings. The molecular formula is C15H17FN8. The van der Waals surface area contributed by atoms with Gasteiger partial charge in [-0.15, -0.1) is 0 Å². The molecule has 8 nitrogen and oxygen atoms in total. The first-order valence-corrected chi connectivity index (χ1v) is 7.34. The average molecular weight is 328 g/mol. The third kappa shape index (κ3) is 3.80. The van der Waals surface area contributed by atoms with Gasteiger partial charge in [0, 0.05) is 25.7 Å². The smallest absolute Gasteiger partial charge is 0.225 e. The predicted octanol–water partition coefficient (Wildman–Crippen LogP) is 1.49. The maximum atomic E-state index is 12.9. The number of nitrogen functional groups attached to an aromatic ring is 1. The van der Waals surface area contributed by atoms with Crippen LogP contribution in [0.4, 0.5) is 16.2 Å². The first kappa shape index (κ1) is 15.8. The summed E-state index contributed by atoms with van der Waals surface area (Å²) in [6, 6.07) is 1.41. The summed E-state index contributed by atoms with van der Waals surface area (Å²) in [7, 11) is 1.90. The predicted molar refractivity (Wildman–Crippen MR) is 86.5 cm³/mol. The number of aryl methyl sites for hydroxylation is 1. The molecule has 0 radical (unpaired) electrons. The molecular weight excluding hydrogens is 311 g/mol. The number of nitrogens with one attached hydrogen (secondary N) is 1. The van der Waals surface area contributed by atoms with Crippen LogP contribution in [0.2, 0.25) is 0 Å². The highest BCUT2D eigenvalue weighted by Crippen LogP contribution is 2.16. The summed E-state index contributed by atoms with van der Waals surface area (Å²) in [5.41, 5.74) is 7.49. The fraction of sp³-hybridized carbons (Fsp3) is 0.267. The Labute approximate surface area is 138 Å². The van der Waals surface area contributed by atoms with Gasteiger partial charge < -0.3 is 15.6 Å². The van der Waals surface area contributed by atoms with E-state index in [1.165, 1.54) is 0 Å². The van der Waals surface area contributed by atoms with Crippen molar-refractivity contribution in [1.82, 2.24) is 29.5 Å². The molecule has 24 heavy (non-hydrogen) atoms. The van der Waals surface area contributed by atoms with Crippen molar-refractivity contribution in [2.45, 2.75) is 19.4 Å². The van der Waals surface area contributed by atoms with Gasteiger partial charge in [-0.25, -0.2) is 24.3 Å². The standard InChI is InChI=1S/C15H17FN8/c1-9(14-18-5-10(16)6-19-14)21-15-22-11(4-13(17)23-15)3-12-7-24(2)8-20-12/h4-9H,3H2,1-2H3,(H3,17,21,22,23)/t9-/m0/s1. The van der Waals surface area contributed by atoms with Gasteiger partial charge in [0.15, 0.2) is 5.82 Å². The van der Waals surface area contributed by atoms with E-state index in [0.29, 0.717) is 24.0 Å². The second-order valence-corrected chi connectivity index (χ2v) is 5.44. The molecule has 3 aromatic heterocycles. The van der Waals surface area contributed by atoms with Crippen LogP contribution >= 0.6 is 0 Å². The van der Waals surface area contributed by atoms with Crippen LogP contribution in [0, 0.1) is 5.82 Å². The molecule has 0 unspecified atom stereocenters. The number of nitrogens with zero attached hydrogens (tertiary/aromatic N) is 6. The van der Waals surface area contributed by atoms with Crippen molar-refractivity contribution in [3.05, 3.63) is 54.0 Å². The Morgan fingerprint density at radius 1 is 1.21 bits per heavy atom. The molecule has 3 heterocycles. The first-order valence-electron chi connectivity index (χ1n) is 7.34. The Bertz CT molecular complexity index is 830. The minimum Gasteiger partial charge on any atom is -0.384 e. The monoisotopic (exact) mass is 328 g/mol. The van der Waals surface area contributed by atoms with Crippen molar-refractivity contribution in [2.24, 2.45) is 7.05 Å². The highest BCUT2D eigenvalue weighted by molar-refractivity contribution is 5.40. The third-order valence-corrected chi connectivity index (χ3v) is 3.29. The molecule has 0 amide bonds. The van der Waals surface area contributed by atoms with Crippen LogP contribution in [-0.4, -0.2) is 29.5 Å².